The number of amides is 2. The van der Waals surface area contributed by atoms with Gasteiger partial charge in [0, 0.05) is 25.8 Å². The lowest BCUT2D eigenvalue weighted by molar-refractivity contribution is -0.127. The second-order valence-electron chi connectivity index (χ2n) is 4.23. The third kappa shape index (κ3) is 1.90. The third-order valence-corrected chi connectivity index (χ3v) is 3.23. The first-order valence-corrected chi connectivity index (χ1v) is 5.59. The van der Waals surface area contributed by atoms with Crippen LogP contribution in [-0.2, 0) is 11.8 Å². The summed E-state index contributed by atoms with van der Waals surface area (Å²) < 4.78 is 1.65. The van der Waals surface area contributed by atoms with E-state index in [2.05, 4.69) is 10.4 Å². The Morgan fingerprint density at radius 1 is 1.59 bits per heavy atom. The summed E-state index contributed by atoms with van der Waals surface area (Å²) in [5.41, 5.74) is 1.38. The molecule has 1 aliphatic rings. The monoisotopic (exact) mass is 236 g/mol. The Bertz CT molecular complexity index is 466. The molecule has 1 aliphatic heterocycles. The van der Waals surface area contributed by atoms with Crippen LogP contribution in [0, 0.1) is 6.92 Å². The Morgan fingerprint density at radius 3 is 2.88 bits per heavy atom. The van der Waals surface area contributed by atoms with Gasteiger partial charge >= 0.3 is 0 Å². The van der Waals surface area contributed by atoms with Crippen LogP contribution < -0.4 is 5.32 Å². The zero-order chi connectivity index (χ0) is 12.6. The zero-order valence-electron chi connectivity index (χ0n) is 10.2. The average Bonchev–Trinajstić information content (AvgIpc) is 2.63. The van der Waals surface area contributed by atoms with Crippen LogP contribution in [0.4, 0.5) is 0 Å². The molecular formula is C11H16N4O2. The zero-order valence-corrected chi connectivity index (χ0v) is 10.2. The summed E-state index contributed by atoms with van der Waals surface area (Å²) in [6.45, 7) is 4.63. The third-order valence-electron chi connectivity index (χ3n) is 3.23. The SMILES string of the molecule is Cc1c(C(=O)N2CCNC(=O)C2C)cnn1C. The highest BCUT2D eigenvalue weighted by molar-refractivity contribution is 5.98. The molecule has 6 nitrogen and oxygen atoms in total. The van der Waals surface area contributed by atoms with Crippen LogP contribution in [0.2, 0.25) is 0 Å². The topological polar surface area (TPSA) is 67.2 Å². The number of carbonyl (C=O) groups is 2. The lowest BCUT2D eigenvalue weighted by Crippen LogP contribution is -2.55. The molecular weight excluding hydrogens is 220 g/mol. The van der Waals surface area contributed by atoms with Crippen molar-refractivity contribution in [3.63, 3.8) is 0 Å². The Kier molecular flexibility index (Phi) is 2.87. The quantitative estimate of drug-likeness (QED) is 0.727. The number of aryl methyl sites for hydroxylation is 1. The minimum Gasteiger partial charge on any atom is -0.353 e. The standard InChI is InChI=1S/C11H16N4O2/c1-7-9(6-13-14(7)3)11(17)15-5-4-12-10(16)8(15)2/h6,8H,4-5H2,1-3H3,(H,12,16). The summed E-state index contributed by atoms with van der Waals surface area (Å²) in [5.74, 6) is -0.232. The lowest BCUT2D eigenvalue weighted by atomic mass is 10.1. The Labute approximate surface area is 99.6 Å². The minimum absolute atomic E-state index is 0.105. The minimum atomic E-state index is -0.421. The normalized spacial score (nSPS) is 20.3. The van der Waals surface area contributed by atoms with Crippen molar-refractivity contribution in [1.29, 1.82) is 0 Å². The molecule has 6 heteroatoms. The molecule has 2 amide bonds. The van der Waals surface area contributed by atoms with E-state index in [1.807, 2.05) is 6.92 Å². The van der Waals surface area contributed by atoms with Gasteiger partial charge in [-0.2, -0.15) is 5.10 Å². The molecule has 0 aliphatic carbocycles. The number of nitrogens with one attached hydrogen (secondary N) is 1. The first kappa shape index (κ1) is 11.6. The van der Waals surface area contributed by atoms with Gasteiger partial charge in [-0.15, -0.1) is 0 Å². The smallest absolute Gasteiger partial charge is 0.258 e. The van der Waals surface area contributed by atoms with Gasteiger partial charge in [0.15, 0.2) is 0 Å². The summed E-state index contributed by atoms with van der Waals surface area (Å²) in [6, 6.07) is -0.421. The van der Waals surface area contributed by atoms with Crippen molar-refractivity contribution >= 4 is 11.8 Å². The van der Waals surface area contributed by atoms with Gasteiger partial charge in [-0.3, -0.25) is 14.3 Å². The highest BCUT2D eigenvalue weighted by Crippen LogP contribution is 2.13. The number of rotatable bonds is 1. The molecule has 2 rings (SSSR count). The number of aromatic nitrogens is 2. The molecule has 1 N–H and O–H groups in total. The van der Waals surface area contributed by atoms with Gasteiger partial charge in [0.05, 0.1) is 11.8 Å². The molecule has 0 radical (unpaired) electrons. The van der Waals surface area contributed by atoms with E-state index in [1.165, 1.54) is 0 Å². The number of hydrogen-bond donors (Lipinski definition) is 1. The highest BCUT2D eigenvalue weighted by Gasteiger charge is 2.31. The van der Waals surface area contributed by atoms with Gasteiger partial charge in [-0.25, -0.2) is 0 Å². The van der Waals surface area contributed by atoms with Crippen molar-refractivity contribution in [1.82, 2.24) is 20.0 Å². The van der Waals surface area contributed by atoms with Crippen LogP contribution in [0.25, 0.3) is 0 Å². The van der Waals surface area contributed by atoms with E-state index in [-0.39, 0.29) is 11.8 Å². The van der Waals surface area contributed by atoms with Crippen LogP contribution in [0.1, 0.15) is 23.0 Å². The number of carbonyl (C=O) groups excluding carboxylic acids is 2. The second-order valence-corrected chi connectivity index (χ2v) is 4.23. The highest BCUT2D eigenvalue weighted by atomic mass is 16.2. The van der Waals surface area contributed by atoms with E-state index in [0.29, 0.717) is 18.7 Å². The molecule has 1 aromatic rings. The molecule has 1 saturated heterocycles. The molecule has 0 bridgehead atoms. The van der Waals surface area contributed by atoms with Crippen molar-refractivity contribution in [2.45, 2.75) is 19.9 Å². The molecule has 1 fully saturated rings. The molecule has 0 spiro atoms. The summed E-state index contributed by atoms with van der Waals surface area (Å²) in [5, 5.41) is 6.78. The molecule has 0 aromatic carbocycles. The molecule has 1 unspecified atom stereocenters. The molecule has 1 aromatic heterocycles. The molecule has 17 heavy (non-hydrogen) atoms. The number of piperazine rings is 1. The Balaban J connectivity index is 2.25. The average molecular weight is 236 g/mol. The predicted octanol–water partition coefficient (Wildman–Crippen LogP) is -0.311. The van der Waals surface area contributed by atoms with Crippen LogP contribution in [-0.4, -0.2) is 45.6 Å². The molecule has 1 atom stereocenters. The summed E-state index contributed by atoms with van der Waals surface area (Å²) in [4.78, 5) is 25.4. The van der Waals surface area contributed by atoms with E-state index in [1.54, 1.807) is 29.7 Å². The fourth-order valence-electron chi connectivity index (χ4n) is 1.92. The van der Waals surface area contributed by atoms with Gasteiger partial charge in [0.2, 0.25) is 5.91 Å². The second kappa shape index (κ2) is 4.20. The maximum Gasteiger partial charge on any atom is 0.258 e. The van der Waals surface area contributed by atoms with Gasteiger partial charge in [-0.1, -0.05) is 0 Å². The molecule has 2 heterocycles. The summed E-state index contributed by atoms with van der Waals surface area (Å²) in [6.07, 6.45) is 1.55. The molecule has 92 valence electrons. The molecule has 0 saturated carbocycles. The number of nitrogens with zero attached hydrogens (tertiary/aromatic N) is 3. The van der Waals surface area contributed by atoms with Gasteiger partial charge < -0.3 is 10.2 Å². The summed E-state index contributed by atoms with van der Waals surface area (Å²) in [7, 11) is 1.79. The van der Waals surface area contributed by atoms with E-state index < -0.39 is 6.04 Å². The first-order valence-electron chi connectivity index (χ1n) is 5.59. The van der Waals surface area contributed by atoms with E-state index in [9.17, 15) is 9.59 Å². The van der Waals surface area contributed by atoms with Crippen LogP contribution in [0.5, 0.6) is 0 Å². The Morgan fingerprint density at radius 2 is 2.29 bits per heavy atom. The van der Waals surface area contributed by atoms with Gasteiger partial charge in [-0.05, 0) is 13.8 Å². The first-order chi connectivity index (χ1) is 8.02. The van der Waals surface area contributed by atoms with Gasteiger partial charge in [0.25, 0.3) is 5.91 Å². The Hall–Kier alpha value is -1.85. The predicted molar refractivity (Wildman–Crippen MR) is 61.5 cm³/mol. The van der Waals surface area contributed by atoms with Gasteiger partial charge in [0.1, 0.15) is 6.04 Å². The van der Waals surface area contributed by atoms with Crippen LogP contribution in [0.3, 0.4) is 0 Å². The maximum atomic E-state index is 12.3. The van der Waals surface area contributed by atoms with Crippen LogP contribution >= 0.6 is 0 Å². The largest absolute Gasteiger partial charge is 0.353 e. The van der Waals surface area contributed by atoms with Crippen LogP contribution in [0.15, 0.2) is 6.20 Å². The fourth-order valence-corrected chi connectivity index (χ4v) is 1.92. The maximum absolute atomic E-state index is 12.3. The van der Waals surface area contributed by atoms with Crippen molar-refractivity contribution in [2.75, 3.05) is 13.1 Å². The van der Waals surface area contributed by atoms with Crippen molar-refractivity contribution in [3.8, 4) is 0 Å². The van der Waals surface area contributed by atoms with E-state index >= 15 is 0 Å². The van der Waals surface area contributed by atoms with Crippen molar-refractivity contribution in [3.05, 3.63) is 17.5 Å². The van der Waals surface area contributed by atoms with Crippen molar-refractivity contribution < 1.29 is 9.59 Å². The van der Waals surface area contributed by atoms with E-state index in [4.69, 9.17) is 0 Å². The van der Waals surface area contributed by atoms with E-state index in [0.717, 1.165) is 5.69 Å². The lowest BCUT2D eigenvalue weighted by Gasteiger charge is -2.32. The fraction of sp³-hybridized carbons (Fsp3) is 0.545. The van der Waals surface area contributed by atoms with Crippen molar-refractivity contribution in [2.24, 2.45) is 7.05 Å². The summed E-state index contributed by atoms with van der Waals surface area (Å²) >= 11 is 0. The number of hydrogen-bond acceptors (Lipinski definition) is 3.